The van der Waals surface area contributed by atoms with Crippen LogP contribution >= 0.6 is 0 Å². The Bertz CT molecular complexity index is 48.2. The standard InChI is InChI=1S/C3H10N2O2/c1-2(6)3(7)5-4/h2-3,5-7H,4H2,1H3. The van der Waals surface area contributed by atoms with Gasteiger partial charge >= 0.3 is 0 Å². The smallest absolute Gasteiger partial charge is 0.142 e. The van der Waals surface area contributed by atoms with Gasteiger partial charge in [-0.2, -0.15) is 0 Å². The molecular formula is C3H10N2O2. The molecule has 4 nitrogen and oxygen atoms in total. The molecule has 0 saturated carbocycles. The maximum atomic E-state index is 8.45. The molecule has 0 amide bonds. The molecule has 0 aromatic rings. The summed E-state index contributed by atoms with van der Waals surface area (Å²) < 4.78 is 0. The van der Waals surface area contributed by atoms with Gasteiger partial charge in [0.1, 0.15) is 6.23 Å². The number of hydrogen-bond acceptors (Lipinski definition) is 4. The fraction of sp³-hybridized carbons (Fsp3) is 1.00. The van der Waals surface area contributed by atoms with E-state index in [0.29, 0.717) is 0 Å². The summed E-state index contributed by atoms with van der Waals surface area (Å²) in [6, 6.07) is 0. The van der Waals surface area contributed by atoms with Gasteiger partial charge in [-0.25, -0.2) is 5.43 Å². The lowest BCUT2D eigenvalue weighted by molar-refractivity contribution is 0.00947. The van der Waals surface area contributed by atoms with Gasteiger partial charge in [0.15, 0.2) is 0 Å². The summed E-state index contributed by atoms with van der Waals surface area (Å²) in [5, 5.41) is 16.9. The Morgan fingerprint density at radius 1 is 1.57 bits per heavy atom. The number of aliphatic hydroxyl groups excluding tert-OH is 2. The van der Waals surface area contributed by atoms with E-state index in [1.807, 2.05) is 5.43 Å². The van der Waals surface area contributed by atoms with Crippen molar-refractivity contribution in [1.82, 2.24) is 5.43 Å². The minimum atomic E-state index is -1.01. The Labute approximate surface area is 41.9 Å². The molecular weight excluding hydrogens is 96.0 g/mol. The van der Waals surface area contributed by atoms with Crippen LogP contribution in [0.15, 0.2) is 0 Å². The van der Waals surface area contributed by atoms with E-state index < -0.39 is 12.3 Å². The first-order valence-electron chi connectivity index (χ1n) is 2.00. The summed E-state index contributed by atoms with van der Waals surface area (Å²) in [4.78, 5) is 0. The van der Waals surface area contributed by atoms with E-state index in [0.717, 1.165) is 0 Å². The molecule has 0 aliphatic carbocycles. The predicted octanol–water partition coefficient (Wildman–Crippen LogP) is -1.85. The van der Waals surface area contributed by atoms with Crippen molar-refractivity contribution in [2.45, 2.75) is 19.3 Å². The number of nitrogens with two attached hydrogens (primary N) is 1. The summed E-state index contributed by atoms with van der Waals surface area (Å²) in [6.45, 7) is 1.44. The van der Waals surface area contributed by atoms with Crippen LogP contribution in [0.2, 0.25) is 0 Å². The highest BCUT2D eigenvalue weighted by Crippen LogP contribution is 1.81. The maximum Gasteiger partial charge on any atom is 0.142 e. The van der Waals surface area contributed by atoms with E-state index in [1.54, 1.807) is 0 Å². The molecule has 0 bridgehead atoms. The van der Waals surface area contributed by atoms with Crippen molar-refractivity contribution < 1.29 is 10.2 Å². The lowest BCUT2D eigenvalue weighted by Crippen LogP contribution is -2.42. The molecule has 44 valence electrons. The Kier molecular flexibility index (Phi) is 2.86. The number of hydrazine groups is 1. The van der Waals surface area contributed by atoms with Gasteiger partial charge in [0.05, 0.1) is 6.10 Å². The van der Waals surface area contributed by atoms with Gasteiger partial charge < -0.3 is 10.2 Å². The highest BCUT2D eigenvalue weighted by molar-refractivity contribution is 4.52. The molecule has 0 aliphatic heterocycles. The van der Waals surface area contributed by atoms with Crippen molar-refractivity contribution in [3.05, 3.63) is 0 Å². The average molecular weight is 106 g/mol. The van der Waals surface area contributed by atoms with Gasteiger partial charge in [-0.3, -0.25) is 5.84 Å². The van der Waals surface area contributed by atoms with Crippen LogP contribution < -0.4 is 11.3 Å². The zero-order valence-electron chi connectivity index (χ0n) is 4.13. The van der Waals surface area contributed by atoms with Crippen LogP contribution in [0.3, 0.4) is 0 Å². The summed E-state index contributed by atoms with van der Waals surface area (Å²) in [6.07, 6.45) is -1.83. The molecule has 0 fully saturated rings. The van der Waals surface area contributed by atoms with E-state index >= 15 is 0 Å². The molecule has 2 unspecified atom stereocenters. The third-order valence-electron chi connectivity index (χ3n) is 0.628. The quantitative estimate of drug-likeness (QED) is 0.189. The lowest BCUT2D eigenvalue weighted by Gasteiger charge is -2.09. The van der Waals surface area contributed by atoms with E-state index in [2.05, 4.69) is 0 Å². The molecule has 0 spiro atoms. The van der Waals surface area contributed by atoms with Crippen LogP contribution in [-0.4, -0.2) is 22.5 Å². The third-order valence-corrected chi connectivity index (χ3v) is 0.628. The van der Waals surface area contributed by atoms with Crippen LogP contribution in [0.1, 0.15) is 6.92 Å². The monoisotopic (exact) mass is 106 g/mol. The van der Waals surface area contributed by atoms with Gasteiger partial charge in [0.25, 0.3) is 0 Å². The first kappa shape index (κ1) is 6.84. The number of nitrogens with one attached hydrogen (secondary N) is 1. The molecule has 2 atom stereocenters. The van der Waals surface area contributed by atoms with Crippen LogP contribution in [0.5, 0.6) is 0 Å². The number of aliphatic hydroxyl groups is 2. The molecule has 0 aliphatic rings. The van der Waals surface area contributed by atoms with Gasteiger partial charge in [-0.05, 0) is 6.92 Å². The van der Waals surface area contributed by atoms with Gasteiger partial charge in [-0.15, -0.1) is 0 Å². The van der Waals surface area contributed by atoms with E-state index in [-0.39, 0.29) is 0 Å². The molecule has 0 saturated heterocycles. The second-order valence-corrected chi connectivity index (χ2v) is 1.35. The molecule has 7 heavy (non-hydrogen) atoms. The molecule has 4 heteroatoms. The van der Waals surface area contributed by atoms with E-state index in [9.17, 15) is 0 Å². The Balaban J connectivity index is 3.14. The summed E-state index contributed by atoms with van der Waals surface area (Å²) in [5.41, 5.74) is 1.97. The van der Waals surface area contributed by atoms with Crippen molar-refractivity contribution >= 4 is 0 Å². The lowest BCUT2D eigenvalue weighted by atomic mass is 10.4. The predicted molar refractivity (Wildman–Crippen MR) is 25.0 cm³/mol. The van der Waals surface area contributed by atoms with Crippen molar-refractivity contribution in [2.75, 3.05) is 0 Å². The SMILES string of the molecule is CC(O)C(O)NN. The normalized spacial score (nSPS) is 18.9. The van der Waals surface area contributed by atoms with Crippen LogP contribution in [0.25, 0.3) is 0 Å². The second-order valence-electron chi connectivity index (χ2n) is 1.35. The van der Waals surface area contributed by atoms with Crippen LogP contribution in [0.4, 0.5) is 0 Å². The van der Waals surface area contributed by atoms with Gasteiger partial charge in [-0.1, -0.05) is 0 Å². The third kappa shape index (κ3) is 2.52. The zero-order valence-corrected chi connectivity index (χ0v) is 4.13. The summed E-state index contributed by atoms with van der Waals surface area (Å²) in [5.74, 6) is 4.71. The van der Waals surface area contributed by atoms with Crippen molar-refractivity contribution in [2.24, 2.45) is 5.84 Å². The molecule has 0 aromatic carbocycles. The van der Waals surface area contributed by atoms with Gasteiger partial charge in [0, 0.05) is 0 Å². The second kappa shape index (κ2) is 2.92. The summed E-state index contributed by atoms with van der Waals surface area (Å²) in [7, 11) is 0. The largest absolute Gasteiger partial charge is 0.389 e. The van der Waals surface area contributed by atoms with Crippen LogP contribution in [-0.2, 0) is 0 Å². The fourth-order valence-electron chi connectivity index (χ4n) is 0.139. The highest BCUT2D eigenvalue weighted by Gasteiger charge is 2.05. The average Bonchev–Trinajstić information content (AvgIpc) is 1.65. The number of hydrogen-bond donors (Lipinski definition) is 4. The maximum absolute atomic E-state index is 8.45. The van der Waals surface area contributed by atoms with E-state index in [4.69, 9.17) is 16.1 Å². The highest BCUT2D eigenvalue weighted by atomic mass is 16.3. The Morgan fingerprint density at radius 3 is 2.00 bits per heavy atom. The van der Waals surface area contributed by atoms with Crippen molar-refractivity contribution in [3.8, 4) is 0 Å². The first-order valence-corrected chi connectivity index (χ1v) is 2.00. The topological polar surface area (TPSA) is 78.5 Å². The minimum Gasteiger partial charge on any atom is -0.389 e. The summed E-state index contributed by atoms with van der Waals surface area (Å²) >= 11 is 0. The molecule has 0 rings (SSSR count). The van der Waals surface area contributed by atoms with Crippen molar-refractivity contribution in [1.29, 1.82) is 0 Å². The fourth-order valence-corrected chi connectivity index (χ4v) is 0.139. The Morgan fingerprint density at radius 2 is 2.00 bits per heavy atom. The molecule has 0 radical (unpaired) electrons. The zero-order chi connectivity index (χ0) is 5.86. The van der Waals surface area contributed by atoms with Crippen LogP contribution in [0, 0.1) is 0 Å². The van der Waals surface area contributed by atoms with E-state index in [1.165, 1.54) is 6.92 Å². The molecule has 5 N–H and O–H groups in total. The van der Waals surface area contributed by atoms with Gasteiger partial charge in [0.2, 0.25) is 0 Å². The Hall–Kier alpha value is -0.160. The molecule has 0 aromatic heterocycles. The minimum absolute atomic E-state index is 0.815. The van der Waals surface area contributed by atoms with Crippen molar-refractivity contribution in [3.63, 3.8) is 0 Å². The number of rotatable bonds is 2. The molecule has 0 heterocycles. The first-order chi connectivity index (χ1) is 3.18.